The number of hydrogen-bond acceptors (Lipinski definition) is 3. The fourth-order valence-electron chi connectivity index (χ4n) is 1.94. The molecular weight excluding hydrogens is 352 g/mol. The summed E-state index contributed by atoms with van der Waals surface area (Å²) in [4.78, 5) is 12.7. The predicted molar refractivity (Wildman–Crippen MR) is 90.6 cm³/mol. The van der Waals surface area contributed by atoms with Crippen LogP contribution >= 0.6 is 28.1 Å². The standard InChI is InChI=1S/C14H15BrN4OS/c1-3-11-9(7-19(2)18-11)14(20)17-12-5-4-8(13(16)21)6-10(12)15/h4-7H,3H2,1-2H3,(H2,16,21)(H,17,20). The number of rotatable bonds is 4. The Morgan fingerprint density at radius 2 is 2.24 bits per heavy atom. The summed E-state index contributed by atoms with van der Waals surface area (Å²) in [5.74, 6) is -0.191. The van der Waals surface area contributed by atoms with E-state index in [0.717, 1.165) is 15.7 Å². The van der Waals surface area contributed by atoms with E-state index in [4.69, 9.17) is 18.0 Å². The summed E-state index contributed by atoms with van der Waals surface area (Å²) < 4.78 is 2.36. The molecule has 0 radical (unpaired) electrons. The number of carbonyl (C=O) groups is 1. The minimum absolute atomic E-state index is 0.191. The second-order valence-electron chi connectivity index (χ2n) is 4.53. The third-order valence-electron chi connectivity index (χ3n) is 2.99. The summed E-state index contributed by atoms with van der Waals surface area (Å²) in [7, 11) is 1.79. The number of anilines is 1. The summed E-state index contributed by atoms with van der Waals surface area (Å²) in [6.07, 6.45) is 2.41. The number of aromatic nitrogens is 2. The minimum atomic E-state index is -0.191. The van der Waals surface area contributed by atoms with Gasteiger partial charge in [-0.2, -0.15) is 5.10 Å². The van der Waals surface area contributed by atoms with Crippen LogP contribution in [0, 0.1) is 0 Å². The van der Waals surface area contributed by atoms with Gasteiger partial charge in [-0.1, -0.05) is 19.1 Å². The molecule has 0 aliphatic heterocycles. The van der Waals surface area contributed by atoms with Gasteiger partial charge < -0.3 is 11.1 Å². The fourth-order valence-corrected chi connectivity index (χ4v) is 2.55. The monoisotopic (exact) mass is 366 g/mol. The molecule has 1 aromatic heterocycles. The molecule has 1 heterocycles. The molecule has 2 aromatic rings. The van der Waals surface area contributed by atoms with E-state index < -0.39 is 0 Å². The van der Waals surface area contributed by atoms with Gasteiger partial charge in [0.15, 0.2) is 0 Å². The zero-order valence-electron chi connectivity index (χ0n) is 11.7. The second-order valence-corrected chi connectivity index (χ2v) is 5.82. The number of hydrogen-bond donors (Lipinski definition) is 2. The Labute approximate surface area is 136 Å². The van der Waals surface area contributed by atoms with Gasteiger partial charge in [0.1, 0.15) is 4.99 Å². The van der Waals surface area contributed by atoms with Crippen LogP contribution in [0.2, 0.25) is 0 Å². The molecule has 21 heavy (non-hydrogen) atoms. The lowest BCUT2D eigenvalue weighted by molar-refractivity contribution is 0.102. The summed E-state index contributed by atoms with van der Waals surface area (Å²) in [6, 6.07) is 5.31. The highest BCUT2D eigenvalue weighted by Gasteiger charge is 2.15. The molecule has 3 N–H and O–H groups in total. The van der Waals surface area contributed by atoms with Gasteiger partial charge in [-0.3, -0.25) is 9.48 Å². The molecule has 1 aromatic carbocycles. The average molecular weight is 367 g/mol. The van der Waals surface area contributed by atoms with Crippen LogP contribution in [0.15, 0.2) is 28.9 Å². The van der Waals surface area contributed by atoms with Crippen molar-refractivity contribution in [2.45, 2.75) is 13.3 Å². The van der Waals surface area contributed by atoms with Gasteiger partial charge in [0.2, 0.25) is 0 Å². The largest absolute Gasteiger partial charge is 0.389 e. The van der Waals surface area contributed by atoms with Gasteiger partial charge in [-0.15, -0.1) is 0 Å². The van der Waals surface area contributed by atoms with Crippen molar-refractivity contribution < 1.29 is 4.79 Å². The number of aryl methyl sites for hydroxylation is 2. The number of thiocarbonyl (C=S) groups is 1. The van der Waals surface area contributed by atoms with Crippen molar-refractivity contribution in [3.63, 3.8) is 0 Å². The van der Waals surface area contributed by atoms with Crippen molar-refractivity contribution in [3.05, 3.63) is 45.7 Å². The number of nitrogens with two attached hydrogens (primary N) is 1. The Balaban J connectivity index is 2.25. The van der Waals surface area contributed by atoms with E-state index in [2.05, 4.69) is 26.3 Å². The molecule has 0 spiro atoms. The topological polar surface area (TPSA) is 72.9 Å². The summed E-state index contributed by atoms with van der Waals surface area (Å²) in [5, 5.41) is 7.12. The Morgan fingerprint density at radius 3 is 2.81 bits per heavy atom. The first kappa shape index (κ1) is 15.7. The third kappa shape index (κ3) is 3.48. The van der Waals surface area contributed by atoms with E-state index in [1.54, 1.807) is 36.1 Å². The molecule has 0 saturated carbocycles. The molecule has 1 amide bonds. The maximum absolute atomic E-state index is 12.3. The van der Waals surface area contributed by atoms with Crippen molar-refractivity contribution in [1.29, 1.82) is 0 Å². The van der Waals surface area contributed by atoms with Crippen LogP contribution < -0.4 is 11.1 Å². The van der Waals surface area contributed by atoms with Crippen LogP contribution in [0.25, 0.3) is 0 Å². The molecule has 7 heteroatoms. The van der Waals surface area contributed by atoms with Crippen molar-refractivity contribution in [2.75, 3.05) is 5.32 Å². The van der Waals surface area contributed by atoms with E-state index >= 15 is 0 Å². The number of halogens is 1. The van der Waals surface area contributed by atoms with Crippen LogP contribution in [0.4, 0.5) is 5.69 Å². The average Bonchev–Trinajstić information content (AvgIpc) is 2.82. The van der Waals surface area contributed by atoms with Gasteiger partial charge in [-0.25, -0.2) is 0 Å². The van der Waals surface area contributed by atoms with Crippen LogP contribution in [0.1, 0.15) is 28.5 Å². The lowest BCUT2D eigenvalue weighted by Gasteiger charge is -2.08. The van der Waals surface area contributed by atoms with E-state index in [1.807, 2.05) is 6.92 Å². The van der Waals surface area contributed by atoms with Crippen LogP contribution in [-0.4, -0.2) is 20.7 Å². The Kier molecular flexibility index (Phi) is 4.74. The van der Waals surface area contributed by atoms with E-state index in [1.165, 1.54) is 0 Å². The number of amides is 1. The lowest BCUT2D eigenvalue weighted by Crippen LogP contribution is -2.14. The van der Waals surface area contributed by atoms with Gasteiger partial charge in [0.05, 0.1) is 16.9 Å². The van der Waals surface area contributed by atoms with Gasteiger partial charge in [0.25, 0.3) is 5.91 Å². The van der Waals surface area contributed by atoms with Crippen molar-refractivity contribution >= 4 is 44.7 Å². The molecule has 0 atom stereocenters. The van der Waals surface area contributed by atoms with Crippen LogP contribution in [-0.2, 0) is 13.5 Å². The molecule has 0 bridgehead atoms. The fraction of sp³-hybridized carbons (Fsp3) is 0.214. The Bertz CT molecular complexity index is 711. The highest BCUT2D eigenvalue weighted by atomic mass is 79.9. The molecule has 110 valence electrons. The number of nitrogens with one attached hydrogen (secondary N) is 1. The first-order valence-electron chi connectivity index (χ1n) is 6.35. The number of carbonyl (C=O) groups excluding carboxylic acids is 1. The van der Waals surface area contributed by atoms with E-state index in [9.17, 15) is 4.79 Å². The Morgan fingerprint density at radius 1 is 1.52 bits per heavy atom. The predicted octanol–water partition coefficient (Wildman–Crippen LogP) is 2.63. The third-order valence-corrected chi connectivity index (χ3v) is 3.88. The van der Waals surface area contributed by atoms with Crippen molar-refractivity contribution in [3.8, 4) is 0 Å². The van der Waals surface area contributed by atoms with Gasteiger partial charge >= 0.3 is 0 Å². The normalized spacial score (nSPS) is 10.4. The first-order chi connectivity index (χ1) is 9.92. The molecule has 0 fully saturated rings. The Hall–Kier alpha value is -1.73. The smallest absolute Gasteiger partial charge is 0.259 e. The number of benzene rings is 1. The maximum Gasteiger partial charge on any atom is 0.259 e. The summed E-state index contributed by atoms with van der Waals surface area (Å²) >= 11 is 8.33. The molecule has 0 unspecified atom stereocenters. The first-order valence-corrected chi connectivity index (χ1v) is 7.55. The van der Waals surface area contributed by atoms with Gasteiger partial charge in [-0.05, 0) is 40.5 Å². The highest BCUT2D eigenvalue weighted by molar-refractivity contribution is 9.10. The molecule has 5 nitrogen and oxygen atoms in total. The van der Waals surface area contributed by atoms with Crippen molar-refractivity contribution in [1.82, 2.24) is 9.78 Å². The van der Waals surface area contributed by atoms with Crippen LogP contribution in [0.3, 0.4) is 0 Å². The van der Waals surface area contributed by atoms with Crippen molar-refractivity contribution in [2.24, 2.45) is 12.8 Å². The lowest BCUT2D eigenvalue weighted by atomic mass is 10.1. The molecular formula is C14H15BrN4OS. The SMILES string of the molecule is CCc1nn(C)cc1C(=O)Nc1ccc(C(N)=S)cc1Br. The summed E-state index contributed by atoms with van der Waals surface area (Å²) in [5.41, 5.74) is 8.32. The molecule has 0 aliphatic carbocycles. The zero-order chi connectivity index (χ0) is 15.6. The summed E-state index contributed by atoms with van der Waals surface area (Å²) in [6.45, 7) is 1.96. The number of nitrogens with zero attached hydrogens (tertiary/aromatic N) is 2. The maximum atomic E-state index is 12.3. The minimum Gasteiger partial charge on any atom is -0.389 e. The van der Waals surface area contributed by atoms with E-state index in [-0.39, 0.29) is 5.91 Å². The zero-order valence-corrected chi connectivity index (χ0v) is 14.1. The van der Waals surface area contributed by atoms with Gasteiger partial charge in [0, 0.05) is 23.3 Å². The highest BCUT2D eigenvalue weighted by Crippen LogP contribution is 2.24. The van der Waals surface area contributed by atoms with E-state index in [0.29, 0.717) is 22.7 Å². The molecule has 0 aliphatic rings. The molecule has 2 rings (SSSR count). The molecule has 0 saturated heterocycles. The quantitative estimate of drug-likeness (QED) is 0.815. The van der Waals surface area contributed by atoms with Crippen LogP contribution in [0.5, 0.6) is 0 Å². The second kappa shape index (κ2) is 6.36.